The molecule has 1 N–H and O–H groups in total. The van der Waals surface area contributed by atoms with Gasteiger partial charge in [-0.3, -0.25) is 0 Å². The van der Waals surface area contributed by atoms with Crippen molar-refractivity contribution < 1.29 is 13.2 Å². The smallest absolute Gasteiger partial charge is 0.150 e. The molecular formula is C16H23NO3S. The van der Waals surface area contributed by atoms with E-state index >= 15 is 0 Å². The number of ether oxygens (including phenoxy) is 1. The molecule has 5 heteroatoms. The molecule has 2 aliphatic heterocycles. The van der Waals surface area contributed by atoms with Crippen LogP contribution in [0.25, 0.3) is 0 Å². The lowest BCUT2D eigenvalue weighted by Crippen LogP contribution is -2.59. The van der Waals surface area contributed by atoms with Crippen LogP contribution >= 0.6 is 0 Å². The van der Waals surface area contributed by atoms with E-state index in [0.29, 0.717) is 11.5 Å². The molecule has 1 unspecified atom stereocenters. The Morgan fingerprint density at radius 2 is 2.14 bits per heavy atom. The molecule has 0 bridgehead atoms. The first-order valence-electron chi connectivity index (χ1n) is 7.49. The van der Waals surface area contributed by atoms with Gasteiger partial charge in [0.25, 0.3) is 0 Å². The summed E-state index contributed by atoms with van der Waals surface area (Å²) in [6.45, 7) is 3.89. The van der Waals surface area contributed by atoms with E-state index in [4.69, 9.17) is 4.74 Å². The molecule has 0 saturated carbocycles. The van der Waals surface area contributed by atoms with Gasteiger partial charge in [-0.15, -0.1) is 0 Å². The number of aryl methyl sites for hydroxylation is 1. The van der Waals surface area contributed by atoms with E-state index in [0.717, 1.165) is 31.7 Å². The zero-order valence-corrected chi connectivity index (χ0v) is 13.5. The van der Waals surface area contributed by atoms with Crippen LogP contribution in [0.15, 0.2) is 18.2 Å². The fraction of sp³-hybridized carbons (Fsp3) is 0.625. The normalized spacial score (nSPS) is 26.3. The summed E-state index contributed by atoms with van der Waals surface area (Å²) < 4.78 is 29.1. The van der Waals surface area contributed by atoms with E-state index in [1.807, 2.05) is 12.1 Å². The summed E-state index contributed by atoms with van der Waals surface area (Å²) in [5.41, 5.74) is 2.49. The van der Waals surface area contributed by atoms with Crippen molar-refractivity contribution in [2.75, 3.05) is 31.7 Å². The number of methoxy groups -OCH3 is 1. The topological polar surface area (TPSA) is 55.4 Å². The van der Waals surface area contributed by atoms with Crippen molar-refractivity contribution in [2.24, 2.45) is 11.3 Å². The highest BCUT2D eigenvalue weighted by atomic mass is 32.2. The summed E-state index contributed by atoms with van der Waals surface area (Å²) in [6.07, 6.45) is 1.70. The van der Waals surface area contributed by atoms with E-state index in [9.17, 15) is 8.42 Å². The second-order valence-corrected chi connectivity index (χ2v) is 8.79. The second kappa shape index (κ2) is 5.29. The van der Waals surface area contributed by atoms with Crippen molar-refractivity contribution in [1.82, 2.24) is 5.32 Å². The lowest BCUT2D eigenvalue weighted by molar-refractivity contribution is 0.0916. The summed E-state index contributed by atoms with van der Waals surface area (Å²) >= 11 is 0. The molecule has 2 aliphatic rings. The van der Waals surface area contributed by atoms with Crippen molar-refractivity contribution in [3.63, 3.8) is 0 Å². The van der Waals surface area contributed by atoms with Crippen LogP contribution < -0.4 is 10.1 Å². The van der Waals surface area contributed by atoms with Crippen LogP contribution in [-0.4, -0.2) is 40.1 Å². The first-order valence-corrected chi connectivity index (χ1v) is 9.31. The molecule has 2 fully saturated rings. The number of benzene rings is 1. The molecule has 1 aromatic carbocycles. The van der Waals surface area contributed by atoms with Gasteiger partial charge in [-0.25, -0.2) is 8.42 Å². The molecule has 3 rings (SSSR count). The number of sulfone groups is 1. The van der Waals surface area contributed by atoms with Gasteiger partial charge >= 0.3 is 0 Å². The van der Waals surface area contributed by atoms with E-state index in [1.54, 1.807) is 7.11 Å². The van der Waals surface area contributed by atoms with Crippen molar-refractivity contribution in [3.05, 3.63) is 29.3 Å². The van der Waals surface area contributed by atoms with E-state index < -0.39 is 9.84 Å². The molecule has 0 aromatic heterocycles. The quantitative estimate of drug-likeness (QED) is 0.917. The van der Waals surface area contributed by atoms with Crippen LogP contribution in [0, 0.1) is 18.3 Å². The number of nitrogens with one attached hydrogen (secondary N) is 1. The van der Waals surface area contributed by atoms with Gasteiger partial charge in [-0.05, 0) is 37.3 Å². The highest BCUT2D eigenvalue weighted by Crippen LogP contribution is 2.43. The maximum atomic E-state index is 11.8. The molecule has 2 heterocycles. The Hall–Kier alpha value is -1.07. The molecule has 1 aromatic rings. The minimum absolute atomic E-state index is 0.0741. The Morgan fingerprint density at radius 1 is 1.38 bits per heavy atom. The van der Waals surface area contributed by atoms with E-state index in [2.05, 4.69) is 18.3 Å². The van der Waals surface area contributed by atoms with Gasteiger partial charge in [0.15, 0.2) is 9.84 Å². The fourth-order valence-electron chi connectivity index (χ4n) is 3.71. The third-order valence-corrected chi connectivity index (χ3v) is 6.80. The van der Waals surface area contributed by atoms with Crippen molar-refractivity contribution in [2.45, 2.75) is 19.8 Å². The second-order valence-electron chi connectivity index (χ2n) is 6.56. The van der Waals surface area contributed by atoms with Crippen LogP contribution in [0.1, 0.15) is 17.5 Å². The fourth-order valence-corrected chi connectivity index (χ4v) is 5.65. The maximum Gasteiger partial charge on any atom is 0.150 e. The lowest BCUT2D eigenvalue weighted by Gasteiger charge is -2.47. The number of hydrogen-bond donors (Lipinski definition) is 1. The molecule has 0 radical (unpaired) electrons. The largest absolute Gasteiger partial charge is 0.496 e. The predicted octanol–water partition coefficient (Wildman–Crippen LogP) is 1.57. The van der Waals surface area contributed by atoms with E-state index in [-0.39, 0.29) is 11.3 Å². The summed E-state index contributed by atoms with van der Waals surface area (Å²) in [6, 6.07) is 6.23. The van der Waals surface area contributed by atoms with Gasteiger partial charge in [0, 0.05) is 18.5 Å². The third-order valence-electron chi connectivity index (χ3n) is 5.03. The minimum Gasteiger partial charge on any atom is -0.496 e. The Bertz CT molecular complexity index is 635. The van der Waals surface area contributed by atoms with Gasteiger partial charge < -0.3 is 10.1 Å². The zero-order chi connectivity index (χ0) is 15.1. The average molecular weight is 309 g/mol. The molecule has 0 aliphatic carbocycles. The van der Waals surface area contributed by atoms with E-state index in [1.165, 1.54) is 11.1 Å². The molecule has 0 spiro atoms. The van der Waals surface area contributed by atoms with Gasteiger partial charge in [0.2, 0.25) is 0 Å². The summed E-state index contributed by atoms with van der Waals surface area (Å²) in [5, 5.41) is 3.34. The van der Waals surface area contributed by atoms with Crippen molar-refractivity contribution in [3.8, 4) is 5.75 Å². The van der Waals surface area contributed by atoms with Crippen LogP contribution in [-0.2, 0) is 16.3 Å². The van der Waals surface area contributed by atoms with Crippen LogP contribution in [0.2, 0.25) is 0 Å². The molecule has 21 heavy (non-hydrogen) atoms. The van der Waals surface area contributed by atoms with Crippen molar-refractivity contribution in [1.29, 1.82) is 0 Å². The molecule has 4 nitrogen and oxygen atoms in total. The highest BCUT2D eigenvalue weighted by molar-refractivity contribution is 7.91. The number of rotatable bonds is 4. The Labute approximate surface area is 126 Å². The Morgan fingerprint density at radius 3 is 2.67 bits per heavy atom. The first-order chi connectivity index (χ1) is 9.94. The van der Waals surface area contributed by atoms with Gasteiger partial charge in [0.05, 0.1) is 18.6 Å². The van der Waals surface area contributed by atoms with Gasteiger partial charge in [-0.2, -0.15) is 0 Å². The summed E-state index contributed by atoms with van der Waals surface area (Å²) in [5.74, 6) is 1.88. The summed E-state index contributed by atoms with van der Waals surface area (Å²) in [7, 11) is -1.14. The lowest BCUT2D eigenvalue weighted by atomic mass is 9.66. The van der Waals surface area contributed by atoms with Crippen LogP contribution in [0.5, 0.6) is 5.75 Å². The third kappa shape index (κ3) is 2.81. The van der Waals surface area contributed by atoms with Gasteiger partial charge in [0.1, 0.15) is 5.75 Å². The maximum absolute atomic E-state index is 11.8. The molecular weight excluding hydrogens is 286 g/mol. The zero-order valence-electron chi connectivity index (χ0n) is 12.7. The molecule has 1 atom stereocenters. The number of hydrogen-bond acceptors (Lipinski definition) is 4. The Kier molecular flexibility index (Phi) is 3.74. The van der Waals surface area contributed by atoms with Crippen LogP contribution in [0.3, 0.4) is 0 Å². The standard InChI is InChI=1S/C16H23NO3S/c1-12-3-4-15(20-2)13(7-12)8-16(10-17-11-16)14-5-6-21(18,19)9-14/h3-4,7,14,17H,5-6,8-11H2,1-2H3. The highest BCUT2D eigenvalue weighted by Gasteiger charge is 2.48. The van der Waals surface area contributed by atoms with Crippen molar-refractivity contribution >= 4 is 9.84 Å². The SMILES string of the molecule is COc1ccc(C)cc1CC1(C2CCS(=O)(=O)C2)CNC1. The van der Waals surface area contributed by atoms with Crippen LogP contribution in [0.4, 0.5) is 0 Å². The minimum atomic E-state index is -2.83. The average Bonchev–Trinajstić information content (AvgIpc) is 2.74. The van der Waals surface area contributed by atoms with Gasteiger partial charge in [-0.1, -0.05) is 17.7 Å². The molecule has 2 saturated heterocycles. The predicted molar refractivity (Wildman–Crippen MR) is 83.5 cm³/mol. The summed E-state index contributed by atoms with van der Waals surface area (Å²) in [4.78, 5) is 0. The monoisotopic (exact) mass is 309 g/mol. The molecule has 116 valence electrons. The first kappa shape index (κ1) is 14.9. The molecule has 0 amide bonds. The Balaban J connectivity index is 1.86.